The molecule has 0 aromatic carbocycles. The van der Waals surface area contributed by atoms with Crippen LogP contribution in [-0.4, -0.2) is 17.8 Å². The van der Waals surface area contributed by atoms with E-state index in [2.05, 4.69) is 0 Å². The fourth-order valence-corrected chi connectivity index (χ4v) is 0.467. The summed E-state index contributed by atoms with van der Waals surface area (Å²) in [6, 6.07) is 0.210. The van der Waals surface area contributed by atoms with E-state index in [1.807, 2.05) is 13.8 Å². The SMILES string of the molecule is C[C@H](CCO)[C@@H](C)N. The van der Waals surface area contributed by atoms with Crippen LogP contribution in [0, 0.1) is 5.92 Å². The minimum Gasteiger partial charge on any atom is -0.396 e. The third kappa shape index (κ3) is 2.99. The van der Waals surface area contributed by atoms with Gasteiger partial charge in [0.25, 0.3) is 0 Å². The lowest BCUT2D eigenvalue weighted by Gasteiger charge is -2.12. The van der Waals surface area contributed by atoms with Gasteiger partial charge in [-0.05, 0) is 19.3 Å². The molecule has 0 radical (unpaired) electrons. The maximum Gasteiger partial charge on any atom is 0.0434 e. The van der Waals surface area contributed by atoms with Crippen molar-refractivity contribution < 1.29 is 5.11 Å². The first-order valence-corrected chi connectivity index (χ1v) is 3.05. The Kier molecular flexibility index (Phi) is 3.83. The van der Waals surface area contributed by atoms with E-state index in [4.69, 9.17) is 10.8 Å². The van der Waals surface area contributed by atoms with E-state index >= 15 is 0 Å². The molecule has 0 fully saturated rings. The number of nitrogens with two attached hydrogens (primary N) is 1. The molecule has 0 aliphatic carbocycles. The van der Waals surface area contributed by atoms with Gasteiger partial charge in [0.2, 0.25) is 0 Å². The lowest BCUT2D eigenvalue weighted by molar-refractivity contribution is 0.253. The van der Waals surface area contributed by atoms with Gasteiger partial charge in [-0.2, -0.15) is 0 Å². The van der Waals surface area contributed by atoms with E-state index in [1.165, 1.54) is 0 Å². The summed E-state index contributed by atoms with van der Waals surface area (Å²) in [6.07, 6.45) is 0.817. The number of aliphatic hydroxyl groups is 1. The van der Waals surface area contributed by atoms with E-state index in [9.17, 15) is 0 Å². The summed E-state index contributed by atoms with van der Waals surface area (Å²) in [5.74, 6) is 0.444. The molecule has 0 heterocycles. The molecule has 2 atom stereocenters. The predicted molar refractivity (Wildman–Crippen MR) is 34.5 cm³/mol. The van der Waals surface area contributed by atoms with Crippen molar-refractivity contribution in [3.8, 4) is 0 Å². The standard InChI is InChI=1S/C6H15NO/c1-5(3-4-8)6(2)7/h5-6,8H,3-4,7H2,1-2H3/t5-,6-/m1/s1. The van der Waals surface area contributed by atoms with Crippen LogP contribution in [0.25, 0.3) is 0 Å². The Bertz CT molecular complexity index is 54.5. The molecule has 0 saturated carbocycles. The maximum atomic E-state index is 8.43. The van der Waals surface area contributed by atoms with Crippen LogP contribution in [0.5, 0.6) is 0 Å². The maximum absolute atomic E-state index is 8.43. The summed E-state index contributed by atoms with van der Waals surface area (Å²) < 4.78 is 0. The normalized spacial score (nSPS) is 18.0. The van der Waals surface area contributed by atoms with Crippen LogP contribution < -0.4 is 5.73 Å². The predicted octanol–water partition coefficient (Wildman–Crippen LogP) is 0.352. The van der Waals surface area contributed by atoms with Gasteiger partial charge in [-0.3, -0.25) is 0 Å². The lowest BCUT2D eigenvalue weighted by Crippen LogP contribution is -2.24. The van der Waals surface area contributed by atoms with E-state index in [1.54, 1.807) is 0 Å². The molecule has 0 aromatic heterocycles. The Labute approximate surface area is 50.7 Å². The topological polar surface area (TPSA) is 46.2 Å². The molecule has 0 aliphatic heterocycles. The van der Waals surface area contributed by atoms with Crippen molar-refractivity contribution in [2.24, 2.45) is 11.7 Å². The van der Waals surface area contributed by atoms with Gasteiger partial charge in [0.15, 0.2) is 0 Å². The second-order valence-corrected chi connectivity index (χ2v) is 2.35. The summed E-state index contributed by atoms with van der Waals surface area (Å²) >= 11 is 0. The van der Waals surface area contributed by atoms with Crippen molar-refractivity contribution in [2.75, 3.05) is 6.61 Å². The zero-order valence-electron chi connectivity index (χ0n) is 5.59. The molecule has 0 saturated heterocycles. The highest BCUT2D eigenvalue weighted by Crippen LogP contribution is 2.03. The second kappa shape index (κ2) is 3.87. The first kappa shape index (κ1) is 7.92. The molecule has 2 heteroatoms. The van der Waals surface area contributed by atoms with Crippen molar-refractivity contribution in [1.29, 1.82) is 0 Å². The Hall–Kier alpha value is -0.0800. The molecule has 0 bridgehead atoms. The van der Waals surface area contributed by atoms with E-state index < -0.39 is 0 Å². The average molecular weight is 117 g/mol. The summed E-state index contributed by atoms with van der Waals surface area (Å²) in [6.45, 7) is 4.25. The largest absolute Gasteiger partial charge is 0.396 e. The molecule has 50 valence electrons. The third-order valence-corrected chi connectivity index (χ3v) is 1.48. The van der Waals surface area contributed by atoms with Gasteiger partial charge in [-0.25, -0.2) is 0 Å². The fraction of sp³-hybridized carbons (Fsp3) is 1.00. The minimum atomic E-state index is 0.210. The number of hydrogen-bond donors (Lipinski definition) is 2. The molecule has 8 heavy (non-hydrogen) atoms. The molecule has 0 rings (SSSR count). The highest BCUT2D eigenvalue weighted by atomic mass is 16.3. The number of aliphatic hydroxyl groups excluding tert-OH is 1. The van der Waals surface area contributed by atoms with Crippen LogP contribution in [0.2, 0.25) is 0 Å². The molecule has 0 unspecified atom stereocenters. The van der Waals surface area contributed by atoms with Crippen molar-refractivity contribution >= 4 is 0 Å². The molecule has 0 amide bonds. The summed E-state index contributed by atoms with van der Waals surface area (Å²) in [5, 5.41) is 8.43. The van der Waals surface area contributed by atoms with Crippen LogP contribution in [0.4, 0.5) is 0 Å². The zero-order valence-corrected chi connectivity index (χ0v) is 5.59. The molecular formula is C6H15NO. The first-order chi connectivity index (χ1) is 3.68. The van der Waals surface area contributed by atoms with Crippen molar-refractivity contribution in [1.82, 2.24) is 0 Å². The number of rotatable bonds is 3. The van der Waals surface area contributed by atoms with Gasteiger partial charge in [0.1, 0.15) is 0 Å². The Morgan fingerprint density at radius 2 is 2.00 bits per heavy atom. The second-order valence-electron chi connectivity index (χ2n) is 2.35. The highest BCUT2D eigenvalue weighted by molar-refractivity contribution is 4.61. The molecule has 0 aromatic rings. The van der Waals surface area contributed by atoms with E-state index in [0.29, 0.717) is 5.92 Å². The summed E-state index contributed by atoms with van der Waals surface area (Å²) in [7, 11) is 0. The zero-order chi connectivity index (χ0) is 6.57. The van der Waals surface area contributed by atoms with Crippen LogP contribution in [0.3, 0.4) is 0 Å². The van der Waals surface area contributed by atoms with Gasteiger partial charge in [-0.1, -0.05) is 6.92 Å². The first-order valence-electron chi connectivity index (χ1n) is 3.05. The van der Waals surface area contributed by atoms with E-state index in [-0.39, 0.29) is 12.6 Å². The molecular weight excluding hydrogens is 102 g/mol. The Morgan fingerprint density at radius 1 is 1.50 bits per heavy atom. The van der Waals surface area contributed by atoms with Crippen LogP contribution in [-0.2, 0) is 0 Å². The van der Waals surface area contributed by atoms with Crippen LogP contribution in [0.1, 0.15) is 20.3 Å². The van der Waals surface area contributed by atoms with Gasteiger partial charge < -0.3 is 10.8 Å². The average Bonchev–Trinajstić information content (AvgIpc) is 1.67. The Morgan fingerprint density at radius 3 is 2.12 bits per heavy atom. The van der Waals surface area contributed by atoms with Crippen molar-refractivity contribution in [2.45, 2.75) is 26.3 Å². The molecule has 3 N–H and O–H groups in total. The fourth-order valence-electron chi connectivity index (χ4n) is 0.467. The van der Waals surface area contributed by atoms with Crippen LogP contribution >= 0.6 is 0 Å². The van der Waals surface area contributed by atoms with Gasteiger partial charge in [-0.15, -0.1) is 0 Å². The quantitative estimate of drug-likeness (QED) is 0.560. The van der Waals surface area contributed by atoms with Crippen molar-refractivity contribution in [3.63, 3.8) is 0 Å². The van der Waals surface area contributed by atoms with E-state index in [0.717, 1.165) is 6.42 Å². The van der Waals surface area contributed by atoms with Gasteiger partial charge in [0.05, 0.1) is 0 Å². The summed E-state index contributed by atoms with van der Waals surface area (Å²) in [5.41, 5.74) is 5.51. The van der Waals surface area contributed by atoms with Crippen LogP contribution in [0.15, 0.2) is 0 Å². The molecule has 0 spiro atoms. The molecule has 2 nitrogen and oxygen atoms in total. The molecule has 0 aliphatic rings. The lowest BCUT2D eigenvalue weighted by atomic mass is 10.0. The minimum absolute atomic E-state index is 0.210. The van der Waals surface area contributed by atoms with Crippen molar-refractivity contribution in [3.05, 3.63) is 0 Å². The van der Waals surface area contributed by atoms with Gasteiger partial charge in [0, 0.05) is 12.6 Å². The smallest absolute Gasteiger partial charge is 0.0434 e. The van der Waals surface area contributed by atoms with Gasteiger partial charge >= 0.3 is 0 Å². The third-order valence-electron chi connectivity index (χ3n) is 1.48. The Balaban J connectivity index is 3.17. The summed E-state index contributed by atoms with van der Waals surface area (Å²) in [4.78, 5) is 0. The monoisotopic (exact) mass is 117 g/mol. The highest BCUT2D eigenvalue weighted by Gasteiger charge is 2.04. The number of hydrogen-bond acceptors (Lipinski definition) is 2.